The average molecular weight is 239 g/mol. The maximum atomic E-state index is 11.9. The quantitative estimate of drug-likeness (QED) is 0.760. The monoisotopic (exact) mass is 239 g/mol. The minimum absolute atomic E-state index is 0.0544. The van der Waals surface area contributed by atoms with E-state index in [1.54, 1.807) is 0 Å². The van der Waals surface area contributed by atoms with Crippen LogP contribution in [0.4, 0.5) is 0 Å². The summed E-state index contributed by atoms with van der Waals surface area (Å²) >= 11 is 0. The maximum Gasteiger partial charge on any atom is 0.237 e. The third-order valence-electron chi connectivity index (χ3n) is 3.75. The van der Waals surface area contributed by atoms with Gasteiger partial charge in [0.1, 0.15) is 0 Å². The topological polar surface area (TPSA) is 44.4 Å². The Kier molecular flexibility index (Phi) is 4.80. The van der Waals surface area contributed by atoms with Crippen LogP contribution in [0, 0.1) is 0 Å². The van der Waals surface area contributed by atoms with Gasteiger partial charge in [-0.05, 0) is 52.2 Å². The molecule has 0 aliphatic carbocycles. The highest BCUT2D eigenvalue weighted by Gasteiger charge is 2.23. The molecule has 0 aromatic rings. The van der Waals surface area contributed by atoms with Crippen molar-refractivity contribution in [3.63, 3.8) is 0 Å². The van der Waals surface area contributed by atoms with Crippen LogP contribution >= 0.6 is 0 Å². The van der Waals surface area contributed by atoms with Gasteiger partial charge < -0.3 is 15.5 Å². The molecular weight excluding hydrogens is 214 g/mol. The first-order valence-electron chi connectivity index (χ1n) is 7.02. The lowest BCUT2D eigenvalue weighted by Gasteiger charge is -2.29. The van der Waals surface area contributed by atoms with E-state index in [-0.39, 0.29) is 18.0 Å². The first kappa shape index (κ1) is 12.8. The fourth-order valence-electron chi connectivity index (χ4n) is 2.83. The number of nitrogens with one attached hydrogen (secondary N) is 2. The van der Waals surface area contributed by atoms with Crippen LogP contribution < -0.4 is 10.6 Å². The summed E-state index contributed by atoms with van der Waals surface area (Å²) < 4.78 is 0. The first-order valence-corrected chi connectivity index (χ1v) is 7.02. The molecule has 0 radical (unpaired) electrons. The second kappa shape index (κ2) is 6.36. The van der Waals surface area contributed by atoms with Crippen molar-refractivity contribution >= 4 is 5.91 Å². The Hall–Kier alpha value is -0.610. The van der Waals surface area contributed by atoms with Gasteiger partial charge in [-0.3, -0.25) is 4.79 Å². The number of nitrogens with zero attached hydrogens (tertiary/aromatic N) is 1. The molecule has 1 unspecified atom stereocenters. The van der Waals surface area contributed by atoms with Gasteiger partial charge in [-0.25, -0.2) is 0 Å². The molecule has 98 valence electrons. The van der Waals surface area contributed by atoms with Crippen molar-refractivity contribution in [3.05, 3.63) is 0 Å². The van der Waals surface area contributed by atoms with Crippen LogP contribution in [-0.4, -0.2) is 49.1 Å². The van der Waals surface area contributed by atoms with E-state index in [0.717, 1.165) is 25.9 Å². The second-order valence-corrected chi connectivity index (χ2v) is 5.42. The molecule has 0 bridgehead atoms. The number of hydrogen-bond donors (Lipinski definition) is 2. The fraction of sp³-hybridized carbons (Fsp3) is 0.923. The van der Waals surface area contributed by atoms with E-state index in [9.17, 15) is 4.79 Å². The molecule has 2 aliphatic heterocycles. The summed E-state index contributed by atoms with van der Waals surface area (Å²) in [5, 5.41) is 6.37. The van der Waals surface area contributed by atoms with Gasteiger partial charge >= 0.3 is 0 Å². The third-order valence-corrected chi connectivity index (χ3v) is 3.75. The molecule has 2 rings (SSSR count). The molecule has 0 aromatic heterocycles. The van der Waals surface area contributed by atoms with E-state index in [0.29, 0.717) is 0 Å². The molecule has 1 amide bonds. The molecule has 2 fully saturated rings. The van der Waals surface area contributed by atoms with Crippen LogP contribution in [0.25, 0.3) is 0 Å². The van der Waals surface area contributed by atoms with Crippen LogP contribution in [0.3, 0.4) is 0 Å². The lowest BCUT2D eigenvalue weighted by Crippen LogP contribution is -2.48. The maximum absolute atomic E-state index is 11.9. The summed E-state index contributed by atoms with van der Waals surface area (Å²) in [4.78, 5) is 14.4. The van der Waals surface area contributed by atoms with Gasteiger partial charge in [0, 0.05) is 12.6 Å². The van der Waals surface area contributed by atoms with Crippen molar-refractivity contribution in [2.45, 2.75) is 51.1 Å². The van der Waals surface area contributed by atoms with Gasteiger partial charge in [-0.2, -0.15) is 0 Å². The lowest BCUT2D eigenvalue weighted by molar-refractivity contribution is -0.123. The minimum Gasteiger partial charge on any atom is -0.351 e. The number of carbonyl (C=O) groups is 1. The van der Waals surface area contributed by atoms with Crippen molar-refractivity contribution in [2.75, 3.05) is 26.2 Å². The van der Waals surface area contributed by atoms with Crippen LogP contribution in [-0.2, 0) is 4.79 Å². The highest BCUT2D eigenvalue weighted by atomic mass is 16.2. The molecule has 4 heteroatoms. The zero-order valence-corrected chi connectivity index (χ0v) is 10.9. The molecule has 0 aromatic carbocycles. The van der Waals surface area contributed by atoms with Crippen molar-refractivity contribution in [1.82, 2.24) is 15.5 Å². The normalized spacial score (nSPS) is 27.9. The summed E-state index contributed by atoms with van der Waals surface area (Å²) in [7, 11) is 0. The van der Waals surface area contributed by atoms with Crippen molar-refractivity contribution < 1.29 is 4.79 Å². The fourth-order valence-corrected chi connectivity index (χ4v) is 2.83. The van der Waals surface area contributed by atoms with Crippen LogP contribution in [0.1, 0.15) is 39.0 Å². The molecule has 2 atom stereocenters. The molecule has 0 saturated carbocycles. The smallest absolute Gasteiger partial charge is 0.237 e. The molecule has 2 heterocycles. The zero-order chi connectivity index (χ0) is 12.1. The molecule has 0 spiro atoms. The number of hydrogen-bond acceptors (Lipinski definition) is 3. The third kappa shape index (κ3) is 3.96. The number of piperidine rings is 1. The van der Waals surface area contributed by atoms with Gasteiger partial charge in [-0.1, -0.05) is 6.42 Å². The van der Waals surface area contributed by atoms with Crippen LogP contribution in [0.15, 0.2) is 0 Å². The Morgan fingerprint density at radius 1 is 1.35 bits per heavy atom. The molecule has 2 N–H and O–H groups in total. The molecule has 2 aliphatic rings. The van der Waals surface area contributed by atoms with Crippen molar-refractivity contribution in [3.8, 4) is 0 Å². The van der Waals surface area contributed by atoms with E-state index >= 15 is 0 Å². The summed E-state index contributed by atoms with van der Waals surface area (Å²) in [6.07, 6.45) is 6.10. The van der Waals surface area contributed by atoms with E-state index in [4.69, 9.17) is 0 Å². The lowest BCUT2D eigenvalue weighted by atomic mass is 10.1. The highest BCUT2D eigenvalue weighted by molar-refractivity contribution is 5.82. The Bertz CT molecular complexity index is 245. The average Bonchev–Trinajstić information content (AvgIpc) is 2.83. The summed E-state index contributed by atoms with van der Waals surface area (Å²) in [5.41, 5.74) is 0. The number of amides is 1. The standard InChI is InChI=1S/C13H25N3O/c1-11(10-16-8-3-2-4-9-16)15-13(17)12-6-5-7-14-12/h11-12,14H,2-10H2,1H3,(H,15,17)/t11?,12-/m0/s1. The molecule has 2 saturated heterocycles. The minimum atomic E-state index is 0.0544. The van der Waals surface area contributed by atoms with Gasteiger partial charge in [0.15, 0.2) is 0 Å². The number of likely N-dealkylation sites (tertiary alicyclic amines) is 1. The molecular formula is C13H25N3O. The van der Waals surface area contributed by atoms with Gasteiger partial charge in [-0.15, -0.1) is 0 Å². The second-order valence-electron chi connectivity index (χ2n) is 5.42. The van der Waals surface area contributed by atoms with E-state index in [2.05, 4.69) is 22.5 Å². The zero-order valence-electron chi connectivity index (χ0n) is 10.9. The van der Waals surface area contributed by atoms with E-state index in [1.165, 1.54) is 32.4 Å². The van der Waals surface area contributed by atoms with Crippen molar-refractivity contribution in [1.29, 1.82) is 0 Å². The molecule has 17 heavy (non-hydrogen) atoms. The van der Waals surface area contributed by atoms with Gasteiger partial charge in [0.2, 0.25) is 5.91 Å². The van der Waals surface area contributed by atoms with Crippen LogP contribution in [0.5, 0.6) is 0 Å². The SMILES string of the molecule is CC(CN1CCCCC1)NC(=O)[C@@H]1CCCN1. The number of carbonyl (C=O) groups excluding carboxylic acids is 1. The number of rotatable bonds is 4. The Morgan fingerprint density at radius 3 is 2.76 bits per heavy atom. The largest absolute Gasteiger partial charge is 0.351 e. The predicted molar refractivity (Wildman–Crippen MR) is 68.9 cm³/mol. The van der Waals surface area contributed by atoms with E-state index in [1.807, 2.05) is 0 Å². The highest BCUT2D eigenvalue weighted by Crippen LogP contribution is 2.09. The Balaban J connectivity index is 1.68. The predicted octanol–water partition coefficient (Wildman–Crippen LogP) is 0.729. The van der Waals surface area contributed by atoms with Gasteiger partial charge in [0.05, 0.1) is 6.04 Å². The van der Waals surface area contributed by atoms with Gasteiger partial charge in [0.25, 0.3) is 0 Å². The Labute approximate surface area is 104 Å². The summed E-state index contributed by atoms with van der Waals surface area (Å²) in [5.74, 6) is 0.187. The van der Waals surface area contributed by atoms with E-state index < -0.39 is 0 Å². The van der Waals surface area contributed by atoms with Crippen LogP contribution in [0.2, 0.25) is 0 Å². The molecule has 4 nitrogen and oxygen atoms in total. The Morgan fingerprint density at radius 2 is 2.12 bits per heavy atom. The summed E-state index contributed by atoms with van der Waals surface area (Å²) in [6, 6.07) is 0.321. The summed E-state index contributed by atoms with van der Waals surface area (Å²) in [6.45, 7) is 6.49. The first-order chi connectivity index (χ1) is 8.25. The van der Waals surface area contributed by atoms with Crippen molar-refractivity contribution in [2.24, 2.45) is 0 Å².